The molecule has 0 amide bonds. The van der Waals surface area contributed by atoms with Crippen LogP contribution in [0.4, 0.5) is 13.2 Å². The summed E-state index contributed by atoms with van der Waals surface area (Å²) in [5.74, 6) is 0.298. The number of nitrogens with zero attached hydrogens (tertiary/aromatic N) is 5. The average molecular weight is 373 g/mol. The number of thiazole rings is 1. The van der Waals surface area contributed by atoms with Gasteiger partial charge in [0, 0.05) is 11.1 Å². The molecule has 3 rings (SSSR count). The predicted molar refractivity (Wildman–Crippen MR) is 82.2 cm³/mol. The molecule has 0 N–H and O–H groups in total. The smallest absolute Gasteiger partial charge is 0.406 e. The van der Waals surface area contributed by atoms with E-state index in [1.165, 1.54) is 40.7 Å². The number of alkyl halides is 3. The summed E-state index contributed by atoms with van der Waals surface area (Å²) in [6, 6.07) is 5.33. The van der Waals surface area contributed by atoms with Crippen LogP contribution >= 0.6 is 23.1 Å². The van der Waals surface area contributed by atoms with E-state index in [0.717, 1.165) is 10.7 Å². The van der Waals surface area contributed by atoms with Crippen LogP contribution in [0.2, 0.25) is 0 Å². The second kappa shape index (κ2) is 6.77. The van der Waals surface area contributed by atoms with Gasteiger partial charge in [-0.3, -0.25) is 0 Å². The first-order chi connectivity index (χ1) is 11.4. The number of thioether (sulfide) groups is 1. The van der Waals surface area contributed by atoms with Crippen LogP contribution in [0.25, 0.3) is 5.69 Å². The van der Waals surface area contributed by atoms with Gasteiger partial charge < -0.3 is 4.74 Å². The fourth-order valence-electron chi connectivity index (χ4n) is 1.83. The number of halogens is 3. The van der Waals surface area contributed by atoms with Crippen LogP contribution in [-0.4, -0.2) is 31.6 Å². The van der Waals surface area contributed by atoms with E-state index in [2.05, 4.69) is 25.2 Å². The molecule has 0 bridgehead atoms. The number of hydrogen-bond donors (Lipinski definition) is 0. The highest BCUT2D eigenvalue weighted by Crippen LogP contribution is 2.26. The first-order valence-corrected chi connectivity index (χ1v) is 8.45. The van der Waals surface area contributed by atoms with E-state index in [0.29, 0.717) is 16.6 Å². The van der Waals surface area contributed by atoms with Crippen molar-refractivity contribution in [3.05, 3.63) is 40.3 Å². The standard InChI is InChI=1S/C13H10F3N5OS2/c1-8-17-9(6-23-8)7-24-12-18-19-20-21(12)10-2-4-11(5-3-10)22-13(14,15)16/h2-6H,7H2,1H3. The predicted octanol–water partition coefficient (Wildman–Crippen LogP) is 3.62. The molecular weight excluding hydrogens is 363 g/mol. The Kier molecular flexibility index (Phi) is 4.71. The molecule has 0 atom stereocenters. The molecule has 2 heterocycles. The lowest BCUT2D eigenvalue weighted by Crippen LogP contribution is -2.17. The molecular formula is C13H10F3N5OS2. The molecule has 6 nitrogen and oxygen atoms in total. The minimum atomic E-state index is -4.72. The Morgan fingerprint density at radius 1 is 1.25 bits per heavy atom. The van der Waals surface area contributed by atoms with E-state index in [-0.39, 0.29) is 5.75 Å². The number of aryl methyl sites for hydroxylation is 1. The summed E-state index contributed by atoms with van der Waals surface area (Å²) in [4.78, 5) is 4.35. The molecule has 3 aromatic rings. The molecule has 0 saturated carbocycles. The Labute approximate surface area is 142 Å². The highest BCUT2D eigenvalue weighted by atomic mass is 32.2. The fourth-order valence-corrected chi connectivity index (χ4v) is 3.33. The molecule has 0 radical (unpaired) electrons. The van der Waals surface area contributed by atoms with Crippen LogP contribution in [0.15, 0.2) is 34.8 Å². The Balaban J connectivity index is 1.72. The molecule has 24 heavy (non-hydrogen) atoms. The first kappa shape index (κ1) is 16.7. The van der Waals surface area contributed by atoms with Gasteiger partial charge in [-0.15, -0.1) is 29.6 Å². The van der Waals surface area contributed by atoms with Crippen LogP contribution in [0, 0.1) is 6.92 Å². The van der Waals surface area contributed by atoms with Crippen molar-refractivity contribution in [2.75, 3.05) is 0 Å². The maximum absolute atomic E-state index is 12.2. The number of rotatable bonds is 5. The van der Waals surface area contributed by atoms with Gasteiger partial charge in [-0.2, -0.15) is 4.68 Å². The molecule has 11 heteroatoms. The monoisotopic (exact) mass is 373 g/mol. The number of benzene rings is 1. The van der Waals surface area contributed by atoms with Crippen molar-refractivity contribution in [2.24, 2.45) is 0 Å². The molecule has 1 aromatic carbocycles. The van der Waals surface area contributed by atoms with E-state index in [9.17, 15) is 13.2 Å². The highest BCUT2D eigenvalue weighted by Gasteiger charge is 2.31. The Hall–Kier alpha value is -2.14. The zero-order valence-corrected chi connectivity index (χ0v) is 13.8. The zero-order valence-electron chi connectivity index (χ0n) is 12.2. The number of tetrazole rings is 1. The van der Waals surface area contributed by atoms with Gasteiger partial charge in [-0.1, -0.05) is 11.8 Å². The highest BCUT2D eigenvalue weighted by molar-refractivity contribution is 7.98. The number of aromatic nitrogens is 5. The molecule has 0 unspecified atom stereocenters. The molecule has 0 aliphatic rings. The molecule has 0 saturated heterocycles. The van der Waals surface area contributed by atoms with Crippen LogP contribution in [0.3, 0.4) is 0 Å². The maximum atomic E-state index is 12.2. The zero-order chi connectivity index (χ0) is 17.2. The minimum absolute atomic E-state index is 0.300. The van der Waals surface area contributed by atoms with Crippen LogP contribution in [-0.2, 0) is 5.75 Å². The van der Waals surface area contributed by atoms with E-state index in [4.69, 9.17) is 0 Å². The Bertz CT molecular complexity index is 816. The minimum Gasteiger partial charge on any atom is -0.406 e. The topological polar surface area (TPSA) is 65.7 Å². The van der Waals surface area contributed by atoms with E-state index in [1.807, 2.05) is 12.3 Å². The maximum Gasteiger partial charge on any atom is 0.573 e. The Morgan fingerprint density at radius 3 is 2.62 bits per heavy atom. The van der Waals surface area contributed by atoms with Gasteiger partial charge in [-0.25, -0.2) is 4.98 Å². The Morgan fingerprint density at radius 2 is 2.00 bits per heavy atom. The molecule has 2 aromatic heterocycles. The van der Waals surface area contributed by atoms with Crippen LogP contribution in [0.5, 0.6) is 5.75 Å². The molecule has 0 aliphatic heterocycles. The third-order valence-electron chi connectivity index (χ3n) is 2.77. The normalized spacial score (nSPS) is 11.7. The summed E-state index contributed by atoms with van der Waals surface area (Å²) in [6.45, 7) is 1.92. The summed E-state index contributed by atoms with van der Waals surface area (Å²) in [5, 5.41) is 14.9. The molecule has 0 aliphatic carbocycles. The summed E-state index contributed by atoms with van der Waals surface area (Å²) in [5.41, 5.74) is 1.46. The van der Waals surface area contributed by atoms with Crippen LogP contribution < -0.4 is 4.74 Å². The van der Waals surface area contributed by atoms with Crippen molar-refractivity contribution in [3.63, 3.8) is 0 Å². The van der Waals surface area contributed by atoms with Crippen molar-refractivity contribution in [2.45, 2.75) is 24.2 Å². The van der Waals surface area contributed by atoms with Gasteiger partial charge in [-0.05, 0) is 41.6 Å². The lowest BCUT2D eigenvalue weighted by atomic mass is 10.3. The van der Waals surface area contributed by atoms with E-state index in [1.54, 1.807) is 11.3 Å². The summed E-state index contributed by atoms with van der Waals surface area (Å²) >= 11 is 2.95. The van der Waals surface area contributed by atoms with Crippen molar-refractivity contribution in [1.82, 2.24) is 25.2 Å². The number of ether oxygens (including phenoxy) is 1. The van der Waals surface area contributed by atoms with Gasteiger partial charge >= 0.3 is 6.36 Å². The second-order valence-electron chi connectivity index (χ2n) is 4.56. The third-order valence-corrected chi connectivity index (χ3v) is 4.55. The van der Waals surface area contributed by atoms with Crippen molar-refractivity contribution >= 4 is 23.1 Å². The second-order valence-corrected chi connectivity index (χ2v) is 6.57. The first-order valence-electron chi connectivity index (χ1n) is 6.59. The lowest BCUT2D eigenvalue weighted by molar-refractivity contribution is -0.274. The van der Waals surface area contributed by atoms with Crippen molar-refractivity contribution < 1.29 is 17.9 Å². The van der Waals surface area contributed by atoms with Crippen molar-refractivity contribution in [1.29, 1.82) is 0 Å². The van der Waals surface area contributed by atoms with Gasteiger partial charge in [0.2, 0.25) is 5.16 Å². The summed E-state index contributed by atoms with van der Waals surface area (Å²) in [6.07, 6.45) is -4.72. The summed E-state index contributed by atoms with van der Waals surface area (Å²) in [7, 11) is 0. The van der Waals surface area contributed by atoms with Crippen molar-refractivity contribution in [3.8, 4) is 11.4 Å². The fraction of sp³-hybridized carbons (Fsp3) is 0.231. The molecule has 0 spiro atoms. The van der Waals surface area contributed by atoms with E-state index >= 15 is 0 Å². The quantitative estimate of drug-likeness (QED) is 0.637. The largest absolute Gasteiger partial charge is 0.573 e. The summed E-state index contributed by atoms with van der Waals surface area (Å²) < 4.78 is 41.8. The molecule has 126 valence electrons. The number of hydrogen-bond acceptors (Lipinski definition) is 7. The average Bonchev–Trinajstić information content (AvgIpc) is 3.13. The van der Waals surface area contributed by atoms with Gasteiger partial charge in [0.1, 0.15) is 5.75 Å². The SMILES string of the molecule is Cc1nc(CSc2nnnn2-c2ccc(OC(F)(F)F)cc2)cs1. The van der Waals surface area contributed by atoms with Gasteiger partial charge in [0.15, 0.2) is 0 Å². The van der Waals surface area contributed by atoms with E-state index < -0.39 is 6.36 Å². The van der Waals surface area contributed by atoms with Crippen LogP contribution in [0.1, 0.15) is 10.7 Å². The molecule has 0 fully saturated rings. The third kappa shape index (κ3) is 4.23. The lowest BCUT2D eigenvalue weighted by Gasteiger charge is -2.09. The van der Waals surface area contributed by atoms with Gasteiger partial charge in [0.25, 0.3) is 0 Å². The van der Waals surface area contributed by atoms with Gasteiger partial charge in [0.05, 0.1) is 16.4 Å².